The maximum Gasteiger partial charge on any atom is 0.123 e. The Morgan fingerprint density at radius 2 is 2.07 bits per heavy atom. The summed E-state index contributed by atoms with van der Waals surface area (Å²) in [6.45, 7) is 0. The molecule has 0 amide bonds. The van der Waals surface area contributed by atoms with Gasteiger partial charge in [0.05, 0.1) is 21.6 Å². The van der Waals surface area contributed by atoms with E-state index in [-0.39, 0.29) is 17.3 Å². The highest BCUT2D eigenvalue weighted by molar-refractivity contribution is 7.93. The average molecular weight is 226 g/mol. The first-order valence-electron chi connectivity index (χ1n) is 4.31. The fourth-order valence-electron chi connectivity index (χ4n) is 1.12. The van der Waals surface area contributed by atoms with Crippen molar-refractivity contribution in [3.63, 3.8) is 0 Å². The summed E-state index contributed by atoms with van der Waals surface area (Å²) in [7, 11) is -1.07. The number of rotatable bonds is 3. The Kier molecular flexibility index (Phi) is 3.81. The normalized spacial score (nSPS) is 13.9. The van der Waals surface area contributed by atoms with Crippen LogP contribution in [0.3, 0.4) is 0 Å². The molecule has 0 saturated carbocycles. The average Bonchev–Trinajstić information content (AvgIpc) is 2.22. The minimum absolute atomic E-state index is 0.0964. The van der Waals surface area contributed by atoms with E-state index in [1.807, 2.05) is 6.07 Å². The topological polar surface area (TPSA) is 53.2 Å². The van der Waals surface area contributed by atoms with Gasteiger partial charge in [-0.2, -0.15) is 5.26 Å². The number of hydrogen-bond donors (Lipinski definition) is 0. The predicted molar refractivity (Wildman–Crippen MR) is 57.1 cm³/mol. The minimum Gasteiger partial charge on any atom is -0.248 e. The van der Waals surface area contributed by atoms with Gasteiger partial charge in [-0.05, 0) is 17.7 Å². The monoisotopic (exact) mass is 226 g/mol. The molecule has 1 atom stereocenters. The molecule has 0 spiro atoms. The first-order chi connectivity index (χ1) is 7.09. The molecule has 0 fully saturated rings. The largest absolute Gasteiger partial charge is 0.248 e. The lowest BCUT2D eigenvalue weighted by Crippen LogP contribution is -2.07. The van der Waals surface area contributed by atoms with Gasteiger partial charge in [0.25, 0.3) is 0 Å². The number of benzene rings is 1. The van der Waals surface area contributed by atoms with Crippen LogP contribution < -0.4 is 0 Å². The van der Waals surface area contributed by atoms with Crippen LogP contribution in [-0.2, 0) is 15.5 Å². The second kappa shape index (κ2) is 4.89. The number of nitrogens with zero attached hydrogens (tertiary/aromatic N) is 2. The molecular formula is C10H11FN2OS. The summed E-state index contributed by atoms with van der Waals surface area (Å²) in [6.07, 6.45) is 0. The second-order valence-electron chi connectivity index (χ2n) is 3.03. The molecule has 80 valence electrons. The zero-order chi connectivity index (χ0) is 11.3. The molecule has 0 bridgehead atoms. The fraction of sp³-hybridized carbons (Fsp3) is 0.300. The van der Waals surface area contributed by atoms with Gasteiger partial charge in [0.15, 0.2) is 0 Å². The Morgan fingerprint density at radius 3 is 2.53 bits per heavy atom. The Morgan fingerprint density at radius 1 is 1.47 bits per heavy atom. The summed E-state index contributed by atoms with van der Waals surface area (Å²) >= 11 is 0. The van der Waals surface area contributed by atoms with Crippen LogP contribution in [0.4, 0.5) is 4.39 Å². The van der Waals surface area contributed by atoms with Crippen molar-refractivity contribution in [1.29, 1.82) is 5.26 Å². The van der Waals surface area contributed by atoms with E-state index in [1.165, 1.54) is 19.2 Å². The van der Waals surface area contributed by atoms with Gasteiger partial charge < -0.3 is 0 Å². The van der Waals surface area contributed by atoms with E-state index in [9.17, 15) is 8.60 Å². The minimum atomic E-state index is -2.50. The first kappa shape index (κ1) is 11.7. The van der Waals surface area contributed by atoms with E-state index in [1.54, 1.807) is 12.1 Å². The third kappa shape index (κ3) is 3.33. The van der Waals surface area contributed by atoms with E-state index in [4.69, 9.17) is 5.26 Å². The van der Waals surface area contributed by atoms with E-state index < -0.39 is 9.73 Å². The van der Waals surface area contributed by atoms with Crippen LogP contribution >= 0.6 is 0 Å². The molecule has 1 aromatic carbocycles. The molecule has 1 unspecified atom stereocenters. The van der Waals surface area contributed by atoms with Crippen molar-refractivity contribution in [3.8, 4) is 6.07 Å². The fourth-order valence-corrected chi connectivity index (χ4v) is 2.40. The van der Waals surface area contributed by atoms with Gasteiger partial charge in [-0.25, -0.2) is 13.0 Å². The molecule has 0 aromatic heterocycles. The molecule has 0 aliphatic carbocycles. The maximum absolute atomic E-state index is 12.6. The van der Waals surface area contributed by atoms with Crippen LogP contribution in [0.2, 0.25) is 0 Å². The Hall–Kier alpha value is -1.41. The smallest absolute Gasteiger partial charge is 0.123 e. The van der Waals surface area contributed by atoms with Crippen molar-refractivity contribution in [2.75, 3.05) is 12.8 Å². The number of halogens is 1. The van der Waals surface area contributed by atoms with Gasteiger partial charge >= 0.3 is 0 Å². The third-order valence-corrected chi connectivity index (χ3v) is 3.96. The van der Waals surface area contributed by atoms with Crippen LogP contribution in [-0.4, -0.2) is 17.0 Å². The van der Waals surface area contributed by atoms with E-state index in [2.05, 4.69) is 4.36 Å². The van der Waals surface area contributed by atoms with Crippen LogP contribution in [0.1, 0.15) is 5.56 Å². The lowest BCUT2D eigenvalue weighted by Gasteiger charge is -2.04. The summed E-state index contributed by atoms with van der Waals surface area (Å²) in [6, 6.07) is 7.56. The van der Waals surface area contributed by atoms with Crippen LogP contribution in [0.5, 0.6) is 0 Å². The zero-order valence-electron chi connectivity index (χ0n) is 8.31. The number of hydrogen-bond acceptors (Lipinski definition) is 3. The third-order valence-electron chi connectivity index (χ3n) is 1.93. The molecule has 1 aromatic rings. The van der Waals surface area contributed by atoms with E-state index in [0.29, 0.717) is 0 Å². The summed E-state index contributed by atoms with van der Waals surface area (Å²) in [5.74, 6) is -0.239. The Labute approximate surface area is 88.7 Å². The molecule has 0 saturated heterocycles. The molecule has 0 aliphatic rings. The standard InChI is InChI=1S/C10H11FN2OS/c1-13-15(14,7-6-12)8-9-2-4-10(11)5-3-9/h2-5H,7-8H2,1H3. The van der Waals surface area contributed by atoms with Crippen molar-refractivity contribution in [1.82, 2.24) is 0 Å². The highest BCUT2D eigenvalue weighted by Gasteiger charge is 2.08. The second-order valence-corrected chi connectivity index (χ2v) is 5.52. The lowest BCUT2D eigenvalue weighted by molar-refractivity contribution is 0.627. The predicted octanol–water partition coefficient (Wildman–Crippen LogP) is 1.95. The van der Waals surface area contributed by atoms with Gasteiger partial charge in [-0.3, -0.25) is 0 Å². The van der Waals surface area contributed by atoms with Gasteiger partial charge in [0.2, 0.25) is 0 Å². The molecule has 15 heavy (non-hydrogen) atoms. The molecule has 0 aliphatic heterocycles. The van der Waals surface area contributed by atoms with Gasteiger partial charge in [-0.15, -0.1) is 0 Å². The van der Waals surface area contributed by atoms with Crippen LogP contribution in [0.25, 0.3) is 0 Å². The summed E-state index contributed by atoms with van der Waals surface area (Å²) in [4.78, 5) is 0. The van der Waals surface area contributed by atoms with Crippen molar-refractivity contribution < 1.29 is 8.60 Å². The molecule has 3 nitrogen and oxygen atoms in total. The molecular weight excluding hydrogens is 215 g/mol. The first-order valence-corrected chi connectivity index (χ1v) is 6.17. The quantitative estimate of drug-likeness (QED) is 0.791. The summed E-state index contributed by atoms with van der Waals surface area (Å²) in [5, 5.41) is 8.51. The highest BCUT2D eigenvalue weighted by Crippen LogP contribution is 2.09. The molecule has 5 heteroatoms. The van der Waals surface area contributed by atoms with Crippen LogP contribution in [0, 0.1) is 17.1 Å². The summed E-state index contributed by atoms with van der Waals surface area (Å²) in [5.41, 5.74) is 0.724. The van der Waals surface area contributed by atoms with Gasteiger partial charge in [0, 0.05) is 7.05 Å². The van der Waals surface area contributed by atoms with Crippen LogP contribution in [0.15, 0.2) is 28.6 Å². The van der Waals surface area contributed by atoms with Gasteiger partial charge in [0.1, 0.15) is 11.6 Å². The van der Waals surface area contributed by atoms with Crippen molar-refractivity contribution in [3.05, 3.63) is 35.6 Å². The highest BCUT2D eigenvalue weighted by atomic mass is 32.2. The Bertz CT molecular complexity index is 481. The number of nitriles is 1. The van der Waals surface area contributed by atoms with E-state index in [0.717, 1.165) is 5.56 Å². The van der Waals surface area contributed by atoms with Crippen molar-refractivity contribution in [2.45, 2.75) is 5.75 Å². The maximum atomic E-state index is 12.6. The SMILES string of the molecule is CN=S(=O)(CC#N)Cc1ccc(F)cc1. The molecule has 0 radical (unpaired) electrons. The lowest BCUT2D eigenvalue weighted by atomic mass is 10.2. The van der Waals surface area contributed by atoms with E-state index >= 15 is 0 Å². The van der Waals surface area contributed by atoms with Crippen molar-refractivity contribution in [2.24, 2.45) is 4.36 Å². The molecule has 0 N–H and O–H groups in total. The Balaban J connectivity index is 2.91. The zero-order valence-corrected chi connectivity index (χ0v) is 9.13. The van der Waals surface area contributed by atoms with Crippen molar-refractivity contribution >= 4 is 9.73 Å². The molecule has 0 heterocycles. The summed E-state index contributed by atoms with van der Waals surface area (Å²) < 4.78 is 28.3. The van der Waals surface area contributed by atoms with Gasteiger partial charge in [-0.1, -0.05) is 12.1 Å². The molecule has 1 rings (SSSR count).